The van der Waals surface area contributed by atoms with Gasteiger partial charge in [-0.3, -0.25) is 14.3 Å². The Morgan fingerprint density at radius 1 is 1.44 bits per heavy atom. The first-order valence-electron chi connectivity index (χ1n) is 7.39. The maximum atomic E-state index is 11.9. The van der Waals surface area contributed by atoms with Crippen LogP contribution >= 0.6 is 15.9 Å². The Morgan fingerprint density at radius 2 is 2.20 bits per heavy atom. The molecule has 0 aliphatic rings. The van der Waals surface area contributed by atoms with Crippen molar-refractivity contribution in [3.63, 3.8) is 0 Å². The number of halogens is 1. The molecule has 2 aromatic rings. The molecule has 0 unspecified atom stereocenters. The van der Waals surface area contributed by atoms with E-state index in [4.69, 9.17) is 10.5 Å². The maximum Gasteiger partial charge on any atom is 0.261 e. The van der Waals surface area contributed by atoms with Crippen LogP contribution in [0.25, 0.3) is 0 Å². The van der Waals surface area contributed by atoms with Crippen molar-refractivity contribution >= 4 is 34.0 Å². The van der Waals surface area contributed by atoms with Gasteiger partial charge in [0.1, 0.15) is 12.3 Å². The van der Waals surface area contributed by atoms with E-state index in [1.54, 1.807) is 28.9 Å². The highest BCUT2D eigenvalue weighted by Gasteiger charge is 2.11. The average Bonchev–Trinajstić information content (AvgIpc) is 2.80. The van der Waals surface area contributed by atoms with E-state index >= 15 is 0 Å². The summed E-state index contributed by atoms with van der Waals surface area (Å²) in [4.78, 5) is 22.7. The lowest BCUT2D eigenvalue weighted by molar-refractivity contribution is -0.122. The third-order valence-corrected chi connectivity index (χ3v) is 4.38. The molecule has 0 aliphatic heterocycles. The van der Waals surface area contributed by atoms with E-state index < -0.39 is 5.91 Å². The molecule has 2 rings (SSSR count). The number of hydrazone groups is 1. The number of nitrogens with two attached hydrogens (primary N) is 1. The summed E-state index contributed by atoms with van der Waals surface area (Å²) in [6.07, 6.45) is 1.48. The van der Waals surface area contributed by atoms with Crippen molar-refractivity contribution in [3.8, 4) is 5.75 Å². The van der Waals surface area contributed by atoms with Crippen LogP contribution in [0.2, 0.25) is 0 Å². The summed E-state index contributed by atoms with van der Waals surface area (Å²) in [6.45, 7) is 3.60. The van der Waals surface area contributed by atoms with Gasteiger partial charge in [-0.2, -0.15) is 10.2 Å². The number of hydrogen-bond acceptors (Lipinski definition) is 5. The van der Waals surface area contributed by atoms with Crippen molar-refractivity contribution in [2.45, 2.75) is 20.4 Å². The number of carbonyl (C=O) groups excluding carboxylic acids is 2. The van der Waals surface area contributed by atoms with Crippen molar-refractivity contribution in [1.82, 2.24) is 15.2 Å². The number of hydrogen-bond donors (Lipinski definition) is 2. The molecule has 132 valence electrons. The fourth-order valence-corrected chi connectivity index (χ4v) is 2.30. The molecular formula is C16H18BrN5O3. The molecule has 1 heterocycles. The van der Waals surface area contributed by atoms with E-state index in [9.17, 15) is 9.59 Å². The number of primary amides is 1. The zero-order valence-corrected chi connectivity index (χ0v) is 15.4. The van der Waals surface area contributed by atoms with E-state index in [1.807, 2.05) is 13.8 Å². The molecule has 3 N–H and O–H groups in total. The van der Waals surface area contributed by atoms with E-state index in [0.29, 0.717) is 11.3 Å². The van der Waals surface area contributed by atoms with Crippen LogP contribution in [0, 0.1) is 13.8 Å². The van der Waals surface area contributed by atoms with Gasteiger partial charge < -0.3 is 10.5 Å². The maximum absolute atomic E-state index is 11.9. The van der Waals surface area contributed by atoms with Gasteiger partial charge in [-0.25, -0.2) is 5.43 Å². The van der Waals surface area contributed by atoms with Gasteiger partial charge in [0, 0.05) is 0 Å². The Balaban J connectivity index is 1.91. The summed E-state index contributed by atoms with van der Waals surface area (Å²) < 4.78 is 7.69. The van der Waals surface area contributed by atoms with Gasteiger partial charge in [0.05, 0.1) is 22.1 Å². The normalized spacial score (nSPS) is 10.8. The number of nitrogens with one attached hydrogen (secondary N) is 1. The Hall–Kier alpha value is -2.68. The SMILES string of the molecule is Cc1nn(CC(=O)NN=Cc2cccc(OCC(N)=O)c2)c(C)c1Br. The predicted molar refractivity (Wildman–Crippen MR) is 96.3 cm³/mol. The average molecular weight is 408 g/mol. The lowest BCUT2D eigenvalue weighted by Gasteiger charge is -2.04. The fourth-order valence-electron chi connectivity index (χ4n) is 2.02. The first-order chi connectivity index (χ1) is 11.9. The number of aromatic nitrogens is 2. The van der Waals surface area contributed by atoms with Gasteiger partial charge >= 0.3 is 0 Å². The van der Waals surface area contributed by atoms with Gasteiger partial charge in [-0.05, 0) is 47.5 Å². The number of nitrogens with zero attached hydrogens (tertiary/aromatic N) is 3. The highest BCUT2D eigenvalue weighted by Crippen LogP contribution is 2.19. The highest BCUT2D eigenvalue weighted by atomic mass is 79.9. The predicted octanol–water partition coefficient (Wildman–Crippen LogP) is 1.28. The first-order valence-corrected chi connectivity index (χ1v) is 8.18. The molecule has 0 saturated carbocycles. The van der Waals surface area contributed by atoms with Crippen LogP contribution in [-0.4, -0.2) is 34.4 Å². The monoisotopic (exact) mass is 407 g/mol. The van der Waals surface area contributed by atoms with E-state index in [2.05, 4.69) is 31.6 Å². The second-order valence-corrected chi connectivity index (χ2v) is 6.06. The molecule has 2 amide bonds. The molecule has 0 atom stereocenters. The topological polar surface area (TPSA) is 112 Å². The molecule has 0 radical (unpaired) electrons. The van der Waals surface area contributed by atoms with Crippen LogP contribution in [0.1, 0.15) is 17.0 Å². The Kier molecular flexibility index (Phi) is 6.29. The highest BCUT2D eigenvalue weighted by molar-refractivity contribution is 9.10. The molecule has 1 aromatic heterocycles. The lowest BCUT2D eigenvalue weighted by Crippen LogP contribution is -2.24. The minimum atomic E-state index is -0.554. The molecule has 9 heteroatoms. The van der Waals surface area contributed by atoms with Crippen LogP contribution < -0.4 is 15.9 Å². The molecule has 8 nitrogen and oxygen atoms in total. The van der Waals surface area contributed by atoms with Gasteiger partial charge in [0.2, 0.25) is 0 Å². The molecule has 25 heavy (non-hydrogen) atoms. The fraction of sp³-hybridized carbons (Fsp3) is 0.250. The number of amides is 2. The summed E-state index contributed by atoms with van der Waals surface area (Å²) in [5.74, 6) is -0.362. The van der Waals surface area contributed by atoms with Crippen LogP contribution in [0.3, 0.4) is 0 Å². The third-order valence-electron chi connectivity index (χ3n) is 3.23. The number of carbonyl (C=O) groups is 2. The lowest BCUT2D eigenvalue weighted by atomic mass is 10.2. The number of benzene rings is 1. The quantitative estimate of drug-likeness (QED) is 0.531. The zero-order valence-electron chi connectivity index (χ0n) is 13.8. The largest absolute Gasteiger partial charge is 0.484 e. The van der Waals surface area contributed by atoms with Crippen LogP contribution in [0.5, 0.6) is 5.75 Å². The smallest absolute Gasteiger partial charge is 0.261 e. The molecule has 0 saturated heterocycles. The summed E-state index contributed by atoms with van der Waals surface area (Å²) in [5.41, 5.74) is 9.87. The second kappa shape index (κ2) is 8.43. The van der Waals surface area contributed by atoms with Crippen molar-refractivity contribution in [1.29, 1.82) is 0 Å². The van der Waals surface area contributed by atoms with Gasteiger partial charge in [-0.1, -0.05) is 12.1 Å². The molecule has 0 bridgehead atoms. The molecule has 1 aromatic carbocycles. The van der Waals surface area contributed by atoms with E-state index in [-0.39, 0.29) is 19.1 Å². The summed E-state index contributed by atoms with van der Waals surface area (Å²) >= 11 is 3.42. The summed E-state index contributed by atoms with van der Waals surface area (Å²) in [7, 11) is 0. The number of rotatable bonds is 7. The molecular weight excluding hydrogens is 390 g/mol. The van der Waals surface area contributed by atoms with Gasteiger partial charge in [0.15, 0.2) is 6.61 Å². The van der Waals surface area contributed by atoms with Crippen molar-refractivity contribution < 1.29 is 14.3 Å². The minimum Gasteiger partial charge on any atom is -0.484 e. The molecule has 0 aliphatic carbocycles. The third kappa shape index (κ3) is 5.42. The first kappa shape index (κ1) is 18.7. The van der Waals surface area contributed by atoms with Crippen LogP contribution in [-0.2, 0) is 16.1 Å². The van der Waals surface area contributed by atoms with Crippen LogP contribution in [0.15, 0.2) is 33.8 Å². The molecule has 0 fully saturated rings. The van der Waals surface area contributed by atoms with E-state index in [0.717, 1.165) is 15.9 Å². The molecule has 0 spiro atoms. The van der Waals surface area contributed by atoms with E-state index in [1.165, 1.54) is 6.21 Å². The number of aryl methyl sites for hydroxylation is 1. The minimum absolute atomic E-state index is 0.0668. The van der Waals surface area contributed by atoms with Gasteiger partial charge in [-0.15, -0.1) is 0 Å². The van der Waals surface area contributed by atoms with Gasteiger partial charge in [0.25, 0.3) is 11.8 Å². The Bertz CT molecular complexity index is 816. The summed E-state index contributed by atoms with van der Waals surface area (Å²) in [5, 5.41) is 8.17. The summed E-state index contributed by atoms with van der Waals surface area (Å²) in [6, 6.07) is 6.90. The standard InChI is InChI=1S/C16H18BrN5O3/c1-10-16(17)11(2)22(21-10)8-15(24)20-19-7-12-4-3-5-13(6-12)25-9-14(18)23/h3-7H,8-9H2,1-2H3,(H2,18,23)(H,20,24). The Morgan fingerprint density at radius 3 is 2.84 bits per heavy atom. The van der Waals surface area contributed by atoms with Crippen LogP contribution in [0.4, 0.5) is 0 Å². The van der Waals surface area contributed by atoms with Crippen molar-refractivity contribution in [2.75, 3.05) is 6.61 Å². The zero-order chi connectivity index (χ0) is 18.4. The Labute approximate surface area is 153 Å². The van der Waals surface area contributed by atoms with Crippen molar-refractivity contribution in [2.24, 2.45) is 10.8 Å². The van der Waals surface area contributed by atoms with Crippen molar-refractivity contribution in [3.05, 3.63) is 45.7 Å². The second-order valence-electron chi connectivity index (χ2n) is 5.26. The number of ether oxygens (including phenoxy) is 1.